The molecule has 2 aromatic rings. The minimum absolute atomic E-state index is 0.266. The van der Waals surface area contributed by atoms with Crippen molar-refractivity contribution in [2.24, 2.45) is 4.99 Å². The first-order valence-corrected chi connectivity index (χ1v) is 10.3. The average Bonchev–Trinajstić information content (AvgIpc) is 2.74. The molecule has 0 atom stereocenters. The van der Waals surface area contributed by atoms with Crippen LogP contribution in [0.2, 0.25) is 0 Å². The summed E-state index contributed by atoms with van der Waals surface area (Å²) in [5.41, 5.74) is 9.36. The number of carbonyl (C=O) groups excluding carboxylic acids is 1. The van der Waals surface area contributed by atoms with Gasteiger partial charge in [0.05, 0.1) is 12.7 Å². The van der Waals surface area contributed by atoms with Gasteiger partial charge >= 0.3 is 6.03 Å². The van der Waals surface area contributed by atoms with Crippen molar-refractivity contribution < 1.29 is 14.6 Å². The Hall–Kier alpha value is -3.32. The number of nitrogens with zero attached hydrogens (tertiary/aromatic N) is 2. The van der Waals surface area contributed by atoms with Crippen LogP contribution in [0, 0.1) is 6.92 Å². The molecule has 0 unspecified atom stereocenters. The molecule has 0 spiro atoms. The fourth-order valence-electron chi connectivity index (χ4n) is 3.62. The van der Waals surface area contributed by atoms with Crippen molar-refractivity contribution in [1.29, 1.82) is 0 Å². The number of benzene rings is 2. The molecule has 1 heterocycles. The van der Waals surface area contributed by atoms with Crippen molar-refractivity contribution in [2.45, 2.75) is 32.3 Å². The predicted molar refractivity (Wildman–Crippen MR) is 125 cm³/mol. The molecular weight excluding hydrogens is 392 g/mol. The number of carbonyl (C=O) groups is 1. The number of amides is 2. The van der Waals surface area contributed by atoms with Crippen molar-refractivity contribution >= 4 is 23.2 Å². The molecule has 31 heavy (non-hydrogen) atoms. The van der Waals surface area contributed by atoms with E-state index in [0.717, 1.165) is 16.7 Å². The second-order valence-corrected chi connectivity index (χ2v) is 8.03. The number of rotatable bonds is 4. The number of anilines is 1. The molecule has 0 aliphatic carbocycles. The lowest BCUT2D eigenvalue weighted by molar-refractivity contribution is 0.00484. The zero-order chi connectivity index (χ0) is 22.6. The first-order chi connectivity index (χ1) is 14.7. The van der Waals surface area contributed by atoms with Crippen LogP contribution in [0.5, 0.6) is 5.75 Å². The van der Waals surface area contributed by atoms with Gasteiger partial charge in [-0.3, -0.25) is 5.32 Å². The number of hydrogen-bond donors (Lipinski definition) is 3. The molecular formula is C24H30N4O3. The summed E-state index contributed by atoms with van der Waals surface area (Å²) in [6.07, 6.45) is 2.58. The molecule has 4 N–H and O–H groups in total. The van der Waals surface area contributed by atoms with Crippen LogP contribution in [0.25, 0.3) is 11.1 Å². The van der Waals surface area contributed by atoms with E-state index in [1.165, 1.54) is 6.08 Å². The molecule has 0 saturated carbocycles. The summed E-state index contributed by atoms with van der Waals surface area (Å²) in [4.78, 5) is 19.0. The van der Waals surface area contributed by atoms with Gasteiger partial charge in [-0.2, -0.15) is 0 Å². The van der Waals surface area contributed by atoms with Gasteiger partial charge < -0.3 is 20.5 Å². The van der Waals surface area contributed by atoms with Crippen molar-refractivity contribution in [3.8, 4) is 16.9 Å². The SMILES string of the molecule is C=C/C(=N\c1c(OC)ccc(-c2cccc(N)c2)c1C)NC(=O)N1CCC(C)(O)CC1. The number of nitrogens with two attached hydrogens (primary N) is 1. The third kappa shape index (κ3) is 5.24. The van der Waals surface area contributed by atoms with Gasteiger partial charge in [0.1, 0.15) is 17.3 Å². The molecule has 1 fully saturated rings. The number of piperidine rings is 1. The van der Waals surface area contributed by atoms with Gasteiger partial charge in [-0.1, -0.05) is 24.8 Å². The zero-order valence-electron chi connectivity index (χ0n) is 18.3. The van der Waals surface area contributed by atoms with Gasteiger partial charge in [0.25, 0.3) is 0 Å². The second-order valence-electron chi connectivity index (χ2n) is 8.03. The monoisotopic (exact) mass is 422 g/mol. The quantitative estimate of drug-likeness (QED) is 0.393. The van der Waals surface area contributed by atoms with Crippen molar-refractivity contribution in [3.63, 3.8) is 0 Å². The first kappa shape index (κ1) is 22.4. The molecule has 1 aliphatic rings. The minimum atomic E-state index is -0.724. The molecule has 1 aliphatic heterocycles. The molecule has 2 amide bonds. The summed E-state index contributed by atoms with van der Waals surface area (Å²) in [6.45, 7) is 8.51. The summed E-state index contributed by atoms with van der Waals surface area (Å²) >= 11 is 0. The summed E-state index contributed by atoms with van der Waals surface area (Å²) < 4.78 is 5.51. The third-order valence-electron chi connectivity index (χ3n) is 5.60. The van der Waals surface area contributed by atoms with Crippen LogP contribution in [-0.2, 0) is 0 Å². The Bertz CT molecular complexity index is 1000. The Kier molecular flexibility index (Phi) is 6.65. The average molecular weight is 423 g/mol. The Labute approximate surface area is 183 Å². The van der Waals surface area contributed by atoms with Crippen LogP contribution in [0.4, 0.5) is 16.2 Å². The number of nitrogen functional groups attached to an aromatic ring is 1. The highest BCUT2D eigenvalue weighted by molar-refractivity contribution is 6.05. The van der Waals surface area contributed by atoms with E-state index in [9.17, 15) is 9.90 Å². The number of hydrogen-bond acceptors (Lipinski definition) is 5. The third-order valence-corrected chi connectivity index (χ3v) is 5.60. The zero-order valence-corrected chi connectivity index (χ0v) is 18.3. The number of urea groups is 1. The Balaban J connectivity index is 1.90. The topological polar surface area (TPSA) is 100 Å². The smallest absolute Gasteiger partial charge is 0.323 e. The highest BCUT2D eigenvalue weighted by Gasteiger charge is 2.29. The summed E-state index contributed by atoms with van der Waals surface area (Å²) in [5.74, 6) is 0.918. The molecule has 0 aromatic heterocycles. The van der Waals surface area contributed by atoms with E-state index in [1.807, 2.05) is 43.3 Å². The van der Waals surface area contributed by atoms with Crippen LogP contribution in [0.3, 0.4) is 0 Å². The molecule has 3 rings (SSSR count). The number of amidine groups is 1. The standard InChI is InChI=1S/C24H30N4O3/c1-5-21(27-23(29)28-13-11-24(3,30)12-14-28)26-22-16(2)19(9-10-20(22)31-4)17-7-6-8-18(25)15-17/h5-10,15,30H,1,11-14,25H2,2-4H3,(H,26,27,29). The Morgan fingerprint density at radius 2 is 2.03 bits per heavy atom. The minimum Gasteiger partial charge on any atom is -0.494 e. The van der Waals surface area contributed by atoms with E-state index in [1.54, 1.807) is 18.9 Å². The van der Waals surface area contributed by atoms with Crippen LogP contribution >= 0.6 is 0 Å². The van der Waals surface area contributed by atoms with Gasteiger partial charge in [0, 0.05) is 18.8 Å². The maximum atomic E-state index is 12.7. The molecule has 164 valence electrons. The van der Waals surface area contributed by atoms with E-state index in [0.29, 0.717) is 48.9 Å². The maximum absolute atomic E-state index is 12.7. The van der Waals surface area contributed by atoms with Crippen molar-refractivity contribution in [3.05, 3.63) is 54.6 Å². The lowest BCUT2D eigenvalue weighted by Gasteiger charge is -2.35. The molecule has 0 bridgehead atoms. The van der Waals surface area contributed by atoms with Gasteiger partial charge in [-0.25, -0.2) is 9.79 Å². The lowest BCUT2D eigenvalue weighted by Crippen LogP contribution is -2.49. The van der Waals surface area contributed by atoms with Crippen LogP contribution in [0.15, 0.2) is 54.0 Å². The molecule has 1 saturated heterocycles. The van der Waals surface area contributed by atoms with Crippen LogP contribution < -0.4 is 15.8 Å². The van der Waals surface area contributed by atoms with Crippen molar-refractivity contribution in [1.82, 2.24) is 10.2 Å². The summed E-state index contributed by atoms with van der Waals surface area (Å²) in [6, 6.07) is 11.2. The number of ether oxygens (including phenoxy) is 1. The van der Waals surface area contributed by atoms with E-state index < -0.39 is 5.60 Å². The highest BCUT2D eigenvalue weighted by atomic mass is 16.5. The number of likely N-dealkylation sites (tertiary alicyclic amines) is 1. The van der Waals surface area contributed by atoms with E-state index in [-0.39, 0.29) is 6.03 Å². The second kappa shape index (κ2) is 9.22. The largest absolute Gasteiger partial charge is 0.494 e. The van der Waals surface area contributed by atoms with Gasteiger partial charge in [-0.15, -0.1) is 0 Å². The van der Waals surface area contributed by atoms with Crippen molar-refractivity contribution in [2.75, 3.05) is 25.9 Å². The van der Waals surface area contributed by atoms with Gasteiger partial charge in [-0.05, 0) is 67.7 Å². The first-order valence-electron chi connectivity index (χ1n) is 10.3. The highest BCUT2D eigenvalue weighted by Crippen LogP contribution is 2.38. The predicted octanol–water partition coefficient (Wildman–Crippen LogP) is 4.03. The fourth-order valence-corrected chi connectivity index (χ4v) is 3.62. The summed E-state index contributed by atoms with van der Waals surface area (Å²) in [7, 11) is 1.58. The molecule has 2 aromatic carbocycles. The van der Waals surface area contributed by atoms with Gasteiger partial charge in [0.2, 0.25) is 0 Å². The number of aliphatic imine (C=N–C) groups is 1. The Morgan fingerprint density at radius 3 is 2.65 bits per heavy atom. The number of aliphatic hydroxyl groups is 1. The molecule has 7 nitrogen and oxygen atoms in total. The summed E-state index contributed by atoms with van der Waals surface area (Å²) in [5, 5.41) is 12.9. The Morgan fingerprint density at radius 1 is 1.32 bits per heavy atom. The normalized spacial score (nSPS) is 16.0. The van der Waals surface area contributed by atoms with Crippen LogP contribution in [0.1, 0.15) is 25.3 Å². The van der Waals surface area contributed by atoms with E-state index in [2.05, 4.69) is 16.9 Å². The maximum Gasteiger partial charge on any atom is 0.323 e. The van der Waals surface area contributed by atoms with E-state index in [4.69, 9.17) is 10.5 Å². The molecule has 7 heteroatoms. The van der Waals surface area contributed by atoms with Gasteiger partial charge in [0.15, 0.2) is 0 Å². The fraction of sp³-hybridized carbons (Fsp3) is 0.333. The van der Waals surface area contributed by atoms with Crippen LogP contribution in [-0.4, -0.2) is 47.7 Å². The molecule has 0 radical (unpaired) electrons. The number of nitrogens with one attached hydrogen (secondary N) is 1. The lowest BCUT2D eigenvalue weighted by atomic mass is 9.94. The number of methoxy groups -OCH3 is 1. The van der Waals surface area contributed by atoms with E-state index >= 15 is 0 Å².